The molecule has 0 saturated carbocycles. The Labute approximate surface area is 179 Å². The number of hydrogen-bond acceptors (Lipinski definition) is 7. The van der Waals surface area contributed by atoms with E-state index in [0.29, 0.717) is 16.4 Å². The van der Waals surface area contributed by atoms with Crippen LogP contribution in [0.1, 0.15) is 9.80 Å². The van der Waals surface area contributed by atoms with Crippen molar-refractivity contribution in [2.45, 2.75) is 11.4 Å². The van der Waals surface area contributed by atoms with Crippen molar-refractivity contribution in [2.75, 3.05) is 18.3 Å². The maximum absolute atomic E-state index is 12.8. The van der Waals surface area contributed by atoms with Crippen LogP contribution < -0.4 is 4.80 Å². The Balaban J connectivity index is 1.84. The van der Waals surface area contributed by atoms with Gasteiger partial charge in [-0.05, 0) is 36.6 Å². The van der Waals surface area contributed by atoms with Gasteiger partial charge in [-0.3, -0.25) is 4.79 Å². The number of aromatic nitrogens is 2. The normalized spacial score (nSPS) is 12.8. The van der Waals surface area contributed by atoms with Gasteiger partial charge >= 0.3 is 5.91 Å². The minimum absolute atomic E-state index is 0.257. The van der Waals surface area contributed by atoms with Crippen LogP contribution in [0.4, 0.5) is 0 Å². The first-order valence-corrected chi connectivity index (χ1v) is 13.6. The SMILES string of the molecule is CSCCn1c(=NC(=O)c2nc3ccccc3s2)sc2cc(S(C)(=O)=O)ccc21. The second-order valence-corrected chi connectivity index (χ2v) is 11.4. The molecular formula is C19H17N3O3S4. The summed E-state index contributed by atoms with van der Waals surface area (Å²) >= 11 is 4.33. The first kappa shape index (κ1) is 20.3. The van der Waals surface area contributed by atoms with E-state index in [1.807, 2.05) is 35.1 Å². The topological polar surface area (TPSA) is 81.4 Å². The molecule has 0 aliphatic carbocycles. The molecule has 29 heavy (non-hydrogen) atoms. The monoisotopic (exact) mass is 463 g/mol. The Bertz CT molecular complexity index is 1360. The van der Waals surface area contributed by atoms with Crippen LogP contribution in [0.3, 0.4) is 0 Å². The van der Waals surface area contributed by atoms with Gasteiger partial charge in [-0.1, -0.05) is 23.5 Å². The summed E-state index contributed by atoms with van der Waals surface area (Å²) in [5.41, 5.74) is 1.65. The second kappa shape index (κ2) is 8.02. The largest absolute Gasteiger partial charge is 0.316 e. The summed E-state index contributed by atoms with van der Waals surface area (Å²) in [6, 6.07) is 12.6. The molecule has 0 fully saturated rings. The van der Waals surface area contributed by atoms with Crippen LogP contribution in [0.15, 0.2) is 52.4 Å². The Morgan fingerprint density at radius 3 is 2.69 bits per heavy atom. The van der Waals surface area contributed by atoms with Gasteiger partial charge < -0.3 is 4.57 Å². The molecule has 0 N–H and O–H groups in total. The lowest BCUT2D eigenvalue weighted by Gasteiger charge is -2.04. The molecule has 4 rings (SSSR count). The van der Waals surface area contributed by atoms with Crippen molar-refractivity contribution in [3.63, 3.8) is 0 Å². The zero-order valence-corrected chi connectivity index (χ0v) is 18.9. The molecule has 0 spiro atoms. The van der Waals surface area contributed by atoms with Crippen LogP contribution >= 0.6 is 34.4 Å². The highest BCUT2D eigenvalue weighted by molar-refractivity contribution is 7.98. The lowest BCUT2D eigenvalue weighted by molar-refractivity contribution is 0.0997. The molecular weight excluding hydrogens is 446 g/mol. The fourth-order valence-corrected chi connectivity index (χ4v) is 5.90. The summed E-state index contributed by atoms with van der Waals surface area (Å²) in [6.45, 7) is 0.672. The molecule has 150 valence electrons. The maximum Gasteiger partial charge on any atom is 0.308 e. The van der Waals surface area contributed by atoms with Crippen molar-refractivity contribution in [2.24, 2.45) is 4.99 Å². The molecule has 0 unspecified atom stereocenters. The quantitative estimate of drug-likeness (QED) is 0.449. The smallest absolute Gasteiger partial charge is 0.308 e. The summed E-state index contributed by atoms with van der Waals surface area (Å²) in [5.74, 6) is 0.460. The van der Waals surface area contributed by atoms with E-state index in [9.17, 15) is 13.2 Å². The van der Waals surface area contributed by atoms with Gasteiger partial charge in [0, 0.05) is 18.6 Å². The number of thiazole rings is 2. The summed E-state index contributed by atoms with van der Waals surface area (Å²) in [6.07, 6.45) is 3.20. The molecule has 2 aromatic heterocycles. The molecule has 0 atom stereocenters. The fourth-order valence-electron chi connectivity index (χ4n) is 2.87. The Morgan fingerprint density at radius 1 is 1.17 bits per heavy atom. The summed E-state index contributed by atoms with van der Waals surface area (Å²) < 4.78 is 27.5. The number of carbonyl (C=O) groups is 1. The molecule has 10 heteroatoms. The van der Waals surface area contributed by atoms with Crippen LogP contribution in [-0.2, 0) is 16.4 Å². The Hall–Kier alpha value is -2.01. The van der Waals surface area contributed by atoms with Crippen molar-refractivity contribution in [1.29, 1.82) is 0 Å². The predicted molar refractivity (Wildman–Crippen MR) is 121 cm³/mol. The van der Waals surface area contributed by atoms with Crippen LogP contribution in [-0.4, -0.2) is 42.1 Å². The van der Waals surface area contributed by atoms with E-state index in [1.165, 1.54) is 28.9 Å². The number of para-hydroxylation sites is 1. The van der Waals surface area contributed by atoms with E-state index in [2.05, 4.69) is 9.98 Å². The van der Waals surface area contributed by atoms with Crippen LogP contribution in [0, 0.1) is 0 Å². The molecule has 4 aromatic rings. The van der Waals surface area contributed by atoms with Crippen LogP contribution in [0.5, 0.6) is 0 Å². The third kappa shape index (κ3) is 4.16. The highest BCUT2D eigenvalue weighted by atomic mass is 32.2. The molecule has 0 radical (unpaired) electrons. The molecule has 0 aliphatic heterocycles. The molecule has 0 bridgehead atoms. The number of benzene rings is 2. The van der Waals surface area contributed by atoms with Gasteiger partial charge in [-0.25, -0.2) is 13.4 Å². The van der Waals surface area contributed by atoms with Gasteiger partial charge in [0.05, 0.1) is 25.3 Å². The van der Waals surface area contributed by atoms with Gasteiger partial charge in [0.15, 0.2) is 19.6 Å². The number of rotatable bonds is 5. The first-order valence-electron chi connectivity index (χ1n) is 8.64. The standard InChI is InChI=1S/C19H17N3O3S4/c1-26-10-9-22-14-8-7-12(29(2,24)25)11-16(14)28-19(22)21-17(23)18-20-13-5-3-4-6-15(13)27-18/h3-8,11H,9-10H2,1-2H3. The van der Waals surface area contributed by atoms with Gasteiger partial charge in [-0.2, -0.15) is 16.8 Å². The molecule has 0 saturated heterocycles. The molecule has 6 nitrogen and oxygen atoms in total. The van der Waals surface area contributed by atoms with Crippen molar-refractivity contribution >= 4 is 70.6 Å². The van der Waals surface area contributed by atoms with E-state index in [4.69, 9.17) is 0 Å². The number of carbonyl (C=O) groups excluding carboxylic acids is 1. The Morgan fingerprint density at radius 2 is 1.97 bits per heavy atom. The van der Waals surface area contributed by atoms with Crippen LogP contribution in [0.25, 0.3) is 20.4 Å². The van der Waals surface area contributed by atoms with E-state index < -0.39 is 9.84 Å². The van der Waals surface area contributed by atoms with Crippen molar-refractivity contribution < 1.29 is 13.2 Å². The highest BCUT2D eigenvalue weighted by Gasteiger charge is 2.15. The van der Waals surface area contributed by atoms with Crippen molar-refractivity contribution in [3.8, 4) is 0 Å². The number of thioether (sulfide) groups is 1. The van der Waals surface area contributed by atoms with Gasteiger partial charge in [0.1, 0.15) is 0 Å². The Kier molecular flexibility index (Phi) is 5.60. The number of nitrogens with zero attached hydrogens (tertiary/aromatic N) is 3. The van der Waals surface area contributed by atoms with E-state index in [0.717, 1.165) is 26.2 Å². The number of fused-ring (bicyclic) bond motifs is 2. The van der Waals surface area contributed by atoms with Gasteiger partial charge in [0.2, 0.25) is 0 Å². The van der Waals surface area contributed by atoms with E-state index in [1.54, 1.807) is 30.0 Å². The van der Waals surface area contributed by atoms with Crippen molar-refractivity contribution in [1.82, 2.24) is 9.55 Å². The summed E-state index contributed by atoms with van der Waals surface area (Å²) in [5, 5.41) is 0.344. The zero-order valence-electron chi connectivity index (χ0n) is 15.7. The first-order chi connectivity index (χ1) is 13.9. The second-order valence-electron chi connectivity index (χ2n) is 6.33. The number of aryl methyl sites for hydroxylation is 1. The summed E-state index contributed by atoms with van der Waals surface area (Å²) in [7, 11) is -3.31. The number of sulfone groups is 1. The van der Waals surface area contributed by atoms with Crippen LogP contribution in [0.2, 0.25) is 0 Å². The number of amides is 1. The minimum Gasteiger partial charge on any atom is -0.316 e. The number of hydrogen-bond donors (Lipinski definition) is 0. The lowest BCUT2D eigenvalue weighted by Crippen LogP contribution is -2.18. The zero-order chi connectivity index (χ0) is 20.6. The third-order valence-electron chi connectivity index (χ3n) is 4.28. The average molecular weight is 464 g/mol. The average Bonchev–Trinajstić information content (AvgIpc) is 3.26. The maximum atomic E-state index is 12.8. The van der Waals surface area contributed by atoms with Crippen molar-refractivity contribution in [3.05, 3.63) is 52.3 Å². The molecule has 2 aromatic carbocycles. The van der Waals surface area contributed by atoms with Gasteiger partial charge in [-0.15, -0.1) is 11.3 Å². The minimum atomic E-state index is -3.31. The predicted octanol–water partition coefficient (Wildman–Crippen LogP) is 3.82. The third-order valence-corrected chi connectivity index (χ3v) is 8.04. The van der Waals surface area contributed by atoms with E-state index in [-0.39, 0.29) is 10.8 Å². The lowest BCUT2D eigenvalue weighted by atomic mass is 10.3. The highest BCUT2D eigenvalue weighted by Crippen LogP contribution is 2.24. The fraction of sp³-hybridized carbons (Fsp3) is 0.211. The molecule has 2 heterocycles. The van der Waals surface area contributed by atoms with E-state index >= 15 is 0 Å². The molecule has 1 amide bonds. The summed E-state index contributed by atoms with van der Waals surface area (Å²) in [4.78, 5) is 22.3. The van der Waals surface area contributed by atoms with Gasteiger partial charge in [0.25, 0.3) is 0 Å². The molecule has 0 aliphatic rings.